The van der Waals surface area contributed by atoms with Crippen molar-refractivity contribution in [3.8, 4) is 0 Å². The Kier molecular flexibility index (Phi) is 5.70. The summed E-state index contributed by atoms with van der Waals surface area (Å²) in [6, 6.07) is 5.17. The first-order valence-electron chi connectivity index (χ1n) is 10.2. The van der Waals surface area contributed by atoms with Crippen molar-refractivity contribution in [3.63, 3.8) is 0 Å². The highest BCUT2D eigenvalue weighted by atomic mass is 35.5. The van der Waals surface area contributed by atoms with E-state index in [-0.39, 0.29) is 46.1 Å². The van der Waals surface area contributed by atoms with Crippen molar-refractivity contribution in [1.82, 2.24) is 15.8 Å². The van der Waals surface area contributed by atoms with E-state index in [4.69, 9.17) is 16.3 Å². The molecule has 2 saturated carbocycles. The molecule has 3 aliphatic rings. The van der Waals surface area contributed by atoms with Crippen LogP contribution in [0.4, 0.5) is 0 Å². The predicted molar refractivity (Wildman–Crippen MR) is 107 cm³/mol. The van der Waals surface area contributed by atoms with Crippen LogP contribution in [0.15, 0.2) is 24.3 Å². The van der Waals surface area contributed by atoms with Gasteiger partial charge in [-0.1, -0.05) is 23.7 Å². The Bertz CT molecular complexity index is 938. The highest BCUT2D eigenvalue weighted by Crippen LogP contribution is 2.56. The number of carbonyl (C=O) groups is 5. The van der Waals surface area contributed by atoms with Gasteiger partial charge in [0.1, 0.15) is 6.04 Å². The largest absolute Gasteiger partial charge is 0.454 e. The number of ether oxygens (including phenoxy) is 1. The van der Waals surface area contributed by atoms with Crippen LogP contribution >= 0.6 is 11.6 Å². The van der Waals surface area contributed by atoms with Crippen LogP contribution in [0.25, 0.3) is 0 Å². The number of hydrogen-bond acceptors (Lipinski definition) is 6. The molecule has 2 N–H and O–H groups in total. The van der Waals surface area contributed by atoms with Gasteiger partial charge in [0.15, 0.2) is 6.61 Å². The molecule has 164 valence electrons. The second-order valence-electron chi connectivity index (χ2n) is 8.20. The van der Waals surface area contributed by atoms with Gasteiger partial charge < -0.3 is 4.74 Å². The third-order valence-corrected chi connectivity index (χ3v) is 6.80. The van der Waals surface area contributed by atoms with Crippen LogP contribution in [-0.4, -0.2) is 47.1 Å². The monoisotopic (exact) mass is 447 g/mol. The lowest BCUT2D eigenvalue weighted by Gasteiger charge is -2.23. The van der Waals surface area contributed by atoms with Gasteiger partial charge >= 0.3 is 5.97 Å². The number of esters is 1. The van der Waals surface area contributed by atoms with E-state index >= 15 is 0 Å². The number of hydrazine groups is 1. The van der Waals surface area contributed by atoms with Gasteiger partial charge in [0.05, 0.1) is 22.4 Å². The number of imide groups is 1. The number of rotatable bonds is 5. The van der Waals surface area contributed by atoms with Crippen molar-refractivity contribution >= 4 is 41.2 Å². The summed E-state index contributed by atoms with van der Waals surface area (Å²) in [5.74, 6) is -3.13. The summed E-state index contributed by atoms with van der Waals surface area (Å²) in [5.41, 5.74) is 4.46. The standard InChI is InChI=1S/C21H22ClN3O6/c1-10(25-19(28)16-11-6-7-12(8-11)17(16)20(25)29)21(30)31-9-15(26)23-24-18(27)13-4-2-3-5-14(13)22/h2-5,10-12,16-17H,6-9H2,1H3,(H,23,26)(H,24,27)/t10-,11+,12+,16+,17+/m1/s1. The lowest BCUT2D eigenvalue weighted by Crippen LogP contribution is -2.47. The van der Waals surface area contributed by atoms with E-state index in [0.717, 1.165) is 24.2 Å². The maximum absolute atomic E-state index is 12.8. The van der Waals surface area contributed by atoms with Gasteiger partial charge in [-0.3, -0.25) is 34.9 Å². The Labute approximate surface area is 183 Å². The lowest BCUT2D eigenvalue weighted by atomic mass is 9.81. The Morgan fingerprint density at radius 2 is 1.71 bits per heavy atom. The molecular weight excluding hydrogens is 426 g/mol. The Morgan fingerprint density at radius 3 is 2.32 bits per heavy atom. The van der Waals surface area contributed by atoms with Crippen molar-refractivity contribution in [1.29, 1.82) is 0 Å². The predicted octanol–water partition coefficient (Wildman–Crippen LogP) is 1.06. The minimum absolute atomic E-state index is 0.167. The molecule has 0 radical (unpaired) electrons. The van der Waals surface area contributed by atoms with Crippen LogP contribution in [0.5, 0.6) is 0 Å². The number of likely N-dealkylation sites (tertiary alicyclic amines) is 1. The van der Waals surface area contributed by atoms with Crippen LogP contribution in [0.1, 0.15) is 36.5 Å². The zero-order chi connectivity index (χ0) is 22.3. The third-order valence-electron chi connectivity index (χ3n) is 6.47. The number of fused-ring (bicyclic) bond motifs is 5. The minimum atomic E-state index is -1.12. The maximum Gasteiger partial charge on any atom is 0.329 e. The van der Waals surface area contributed by atoms with Crippen LogP contribution < -0.4 is 10.9 Å². The molecule has 2 bridgehead atoms. The fraction of sp³-hybridized carbons (Fsp3) is 0.476. The normalized spacial score (nSPS) is 27.1. The third kappa shape index (κ3) is 3.78. The first kappa shape index (κ1) is 21.3. The fourth-order valence-electron chi connectivity index (χ4n) is 5.05. The Hall–Kier alpha value is -2.94. The van der Waals surface area contributed by atoms with Crippen molar-refractivity contribution in [3.05, 3.63) is 34.9 Å². The molecule has 1 aromatic carbocycles. The van der Waals surface area contributed by atoms with E-state index in [2.05, 4.69) is 10.9 Å². The van der Waals surface area contributed by atoms with Gasteiger partial charge in [-0.25, -0.2) is 4.79 Å². The highest BCUT2D eigenvalue weighted by Gasteiger charge is 2.62. The molecule has 9 nitrogen and oxygen atoms in total. The average molecular weight is 448 g/mol. The highest BCUT2D eigenvalue weighted by molar-refractivity contribution is 6.33. The molecule has 1 saturated heterocycles. The van der Waals surface area contributed by atoms with E-state index in [1.807, 2.05) is 0 Å². The summed E-state index contributed by atoms with van der Waals surface area (Å²) < 4.78 is 4.95. The minimum Gasteiger partial charge on any atom is -0.454 e. The van der Waals surface area contributed by atoms with Crippen LogP contribution in [0, 0.1) is 23.7 Å². The summed E-state index contributed by atoms with van der Waals surface area (Å²) in [6.07, 6.45) is 2.79. The second kappa shape index (κ2) is 8.30. The van der Waals surface area contributed by atoms with Gasteiger partial charge in [-0.05, 0) is 50.2 Å². The van der Waals surface area contributed by atoms with E-state index < -0.39 is 30.4 Å². The van der Waals surface area contributed by atoms with Crippen molar-refractivity contribution < 1.29 is 28.7 Å². The molecule has 0 aromatic heterocycles. The number of nitrogens with zero attached hydrogens (tertiary/aromatic N) is 1. The molecular formula is C21H22ClN3O6. The van der Waals surface area contributed by atoms with Gasteiger partial charge in [0.2, 0.25) is 11.8 Å². The number of benzene rings is 1. The number of nitrogens with one attached hydrogen (secondary N) is 2. The molecule has 0 unspecified atom stereocenters. The SMILES string of the molecule is C[C@H](C(=O)OCC(=O)NNC(=O)c1ccccc1Cl)N1C(=O)[C@H]2[C@H]3CC[C@@H](C3)[C@@H]2C1=O. The van der Waals surface area contributed by atoms with Crippen molar-refractivity contribution in [2.75, 3.05) is 6.61 Å². The molecule has 2 aliphatic carbocycles. The molecule has 1 aliphatic heterocycles. The smallest absolute Gasteiger partial charge is 0.329 e. The van der Waals surface area contributed by atoms with E-state index in [1.54, 1.807) is 12.1 Å². The van der Waals surface area contributed by atoms with E-state index in [9.17, 15) is 24.0 Å². The number of hydrogen-bond donors (Lipinski definition) is 2. The van der Waals surface area contributed by atoms with E-state index in [1.165, 1.54) is 19.1 Å². The Balaban J connectivity index is 1.27. The van der Waals surface area contributed by atoms with Crippen LogP contribution in [0.2, 0.25) is 5.02 Å². The number of amides is 4. The van der Waals surface area contributed by atoms with Gasteiger partial charge in [-0.2, -0.15) is 0 Å². The fourth-order valence-corrected chi connectivity index (χ4v) is 5.27. The molecule has 1 aromatic rings. The molecule has 0 spiro atoms. The molecule has 4 rings (SSSR count). The first-order chi connectivity index (χ1) is 14.8. The molecule has 3 fully saturated rings. The van der Waals surface area contributed by atoms with Crippen molar-refractivity contribution in [2.24, 2.45) is 23.7 Å². The van der Waals surface area contributed by atoms with E-state index in [0.29, 0.717) is 0 Å². The zero-order valence-electron chi connectivity index (χ0n) is 16.8. The molecule has 5 atom stereocenters. The van der Waals surface area contributed by atoms with Crippen LogP contribution in [0.3, 0.4) is 0 Å². The second-order valence-corrected chi connectivity index (χ2v) is 8.60. The maximum atomic E-state index is 12.8. The van der Waals surface area contributed by atoms with Gasteiger partial charge in [-0.15, -0.1) is 0 Å². The summed E-state index contributed by atoms with van der Waals surface area (Å²) in [7, 11) is 0. The summed E-state index contributed by atoms with van der Waals surface area (Å²) in [6.45, 7) is 0.735. The number of carbonyl (C=O) groups excluding carboxylic acids is 5. The summed E-state index contributed by atoms with van der Waals surface area (Å²) in [5, 5.41) is 0.215. The first-order valence-corrected chi connectivity index (χ1v) is 10.5. The van der Waals surface area contributed by atoms with Gasteiger partial charge in [0.25, 0.3) is 11.8 Å². The quantitative estimate of drug-likeness (QED) is 0.395. The number of halogens is 1. The van der Waals surface area contributed by atoms with Gasteiger partial charge in [0, 0.05) is 0 Å². The summed E-state index contributed by atoms with van der Waals surface area (Å²) in [4.78, 5) is 62.8. The topological polar surface area (TPSA) is 122 Å². The lowest BCUT2D eigenvalue weighted by molar-refractivity contribution is -0.160. The van der Waals surface area contributed by atoms with Crippen molar-refractivity contribution in [2.45, 2.75) is 32.2 Å². The molecule has 4 amide bonds. The molecule has 1 heterocycles. The zero-order valence-corrected chi connectivity index (χ0v) is 17.6. The summed E-state index contributed by atoms with van der Waals surface area (Å²) >= 11 is 5.91. The Morgan fingerprint density at radius 1 is 1.10 bits per heavy atom. The van der Waals surface area contributed by atoms with Crippen LogP contribution in [-0.2, 0) is 23.9 Å². The molecule has 10 heteroatoms. The average Bonchev–Trinajstić information content (AvgIpc) is 3.43. The molecule has 31 heavy (non-hydrogen) atoms.